The zero-order valence-corrected chi connectivity index (χ0v) is 12.1. The van der Waals surface area contributed by atoms with E-state index in [1.807, 2.05) is 20.8 Å². The lowest BCUT2D eigenvalue weighted by Crippen LogP contribution is -2.51. The van der Waals surface area contributed by atoms with Crippen LogP contribution in [-0.4, -0.2) is 36.9 Å². The number of hydrogen-bond donors (Lipinski definition) is 0. The number of rotatable bonds is 4. The number of carbonyl (C=O) groups is 1. The van der Waals surface area contributed by atoms with E-state index in [0.29, 0.717) is 32.5 Å². The minimum atomic E-state index is -0.641. The summed E-state index contributed by atoms with van der Waals surface area (Å²) in [7, 11) is 0. The molecule has 5 nitrogen and oxygen atoms in total. The van der Waals surface area contributed by atoms with Crippen molar-refractivity contribution in [3.63, 3.8) is 0 Å². The lowest BCUT2D eigenvalue weighted by Gasteiger charge is -2.44. The van der Waals surface area contributed by atoms with Gasteiger partial charge in [0, 0.05) is 12.8 Å². The van der Waals surface area contributed by atoms with Crippen LogP contribution in [0.3, 0.4) is 0 Å². The van der Waals surface area contributed by atoms with Gasteiger partial charge in [-0.3, -0.25) is 4.79 Å². The number of esters is 1. The van der Waals surface area contributed by atoms with Crippen LogP contribution in [0.2, 0.25) is 0 Å². The van der Waals surface area contributed by atoms with Crippen LogP contribution in [0, 0.1) is 0 Å². The highest BCUT2D eigenvalue weighted by atomic mass is 16.8. The SMILES string of the molecule is CCCCC(=O)OC1CC2(CC(C)(C)O1)OCCO2. The van der Waals surface area contributed by atoms with E-state index in [0.717, 1.165) is 12.8 Å². The summed E-state index contributed by atoms with van der Waals surface area (Å²) >= 11 is 0. The summed E-state index contributed by atoms with van der Waals surface area (Å²) in [4.78, 5) is 11.7. The van der Waals surface area contributed by atoms with Gasteiger partial charge < -0.3 is 18.9 Å². The van der Waals surface area contributed by atoms with E-state index in [1.54, 1.807) is 0 Å². The Morgan fingerprint density at radius 2 is 2.00 bits per heavy atom. The third-order valence-electron chi connectivity index (χ3n) is 3.43. The lowest BCUT2D eigenvalue weighted by molar-refractivity contribution is -0.307. The second-order valence-electron chi connectivity index (χ2n) is 5.89. The van der Waals surface area contributed by atoms with Crippen molar-refractivity contribution in [2.45, 2.75) is 70.6 Å². The fourth-order valence-corrected chi connectivity index (χ4v) is 2.72. The Morgan fingerprint density at radius 1 is 1.32 bits per heavy atom. The fraction of sp³-hybridized carbons (Fsp3) is 0.929. The first kappa shape index (κ1) is 14.8. The first-order valence-electron chi connectivity index (χ1n) is 7.10. The number of hydrogen-bond acceptors (Lipinski definition) is 5. The molecule has 110 valence electrons. The van der Waals surface area contributed by atoms with E-state index in [-0.39, 0.29) is 5.97 Å². The topological polar surface area (TPSA) is 54.0 Å². The Kier molecular flexibility index (Phi) is 4.48. The Bertz CT molecular complexity index is 320. The van der Waals surface area contributed by atoms with Gasteiger partial charge in [-0.05, 0) is 20.3 Å². The summed E-state index contributed by atoms with van der Waals surface area (Å²) in [5.74, 6) is -0.852. The van der Waals surface area contributed by atoms with Gasteiger partial charge in [0.25, 0.3) is 0 Å². The molecule has 2 aliphatic heterocycles. The molecule has 0 aromatic rings. The molecule has 1 unspecified atom stereocenters. The highest BCUT2D eigenvalue weighted by Gasteiger charge is 2.50. The third-order valence-corrected chi connectivity index (χ3v) is 3.43. The molecule has 2 rings (SSSR count). The van der Waals surface area contributed by atoms with Crippen molar-refractivity contribution in [3.8, 4) is 0 Å². The largest absolute Gasteiger partial charge is 0.435 e. The average Bonchev–Trinajstić information content (AvgIpc) is 2.71. The molecular weight excluding hydrogens is 248 g/mol. The molecule has 0 amide bonds. The molecule has 19 heavy (non-hydrogen) atoms. The predicted octanol–water partition coefficient (Wildman–Crippen LogP) is 2.38. The maximum absolute atomic E-state index is 11.7. The number of ether oxygens (including phenoxy) is 4. The van der Waals surface area contributed by atoms with Crippen LogP contribution < -0.4 is 0 Å². The maximum atomic E-state index is 11.7. The van der Waals surface area contributed by atoms with Crippen LogP contribution in [0.5, 0.6) is 0 Å². The van der Waals surface area contributed by atoms with Gasteiger partial charge in [-0.15, -0.1) is 0 Å². The minimum absolute atomic E-state index is 0.210. The molecule has 2 saturated heterocycles. The normalized spacial score (nSPS) is 28.5. The van der Waals surface area contributed by atoms with Crippen molar-refractivity contribution < 1.29 is 23.7 Å². The molecular formula is C14H24O5. The van der Waals surface area contributed by atoms with Crippen LogP contribution in [0.15, 0.2) is 0 Å². The summed E-state index contributed by atoms with van der Waals surface area (Å²) in [5.41, 5.74) is -0.418. The van der Waals surface area contributed by atoms with Gasteiger partial charge in [-0.25, -0.2) is 0 Å². The van der Waals surface area contributed by atoms with Crippen molar-refractivity contribution >= 4 is 5.97 Å². The summed E-state index contributed by atoms with van der Waals surface area (Å²) in [5, 5.41) is 0. The molecule has 0 aromatic heterocycles. The van der Waals surface area contributed by atoms with Crippen LogP contribution >= 0.6 is 0 Å². The molecule has 0 radical (unpaired) electrons. The van der Waals surface area contributed by atoms with E-state index in [9.17, 15) is 4.79 Å². The monoisotopic (exact) mass is 272 g/mol. The Balaban J connectivity index is 1.94. The second-order valence-corrected chi connectivity index (χ2v) is 5.89. The maximum Gasteiger partial charge on any atom is 0.308 e. The standard InChI is InChI=1S/C14H24O5/c1-4-5-6-11(15)18-12-9-14(16-7-8-17-14)10-13(2,3)19-12/h12H,4-10H2,1-3H3. The summed E-state index contributed by atoms with van der Waals surface area (Å²) in [6.07, 6.45) is 2.78. The van der Waals surface area contributed by atoms with Crippen LogP contribution in [0.4, 0.5) is 0 Å². The molecule has 0 aliphatic carbocycles. The Morgan fingerprint density at radius 3 is 2.63 bits per heavy atom. The van der Waals surface area contributed by atoms with E-state index in [1.165, 1.54) is 0 Å². The average molecular weight is 272 g/mol. The van der Waals surface area contributed by atoms with Crippen molar-refractivity contribution in [3.05, 3.63) is 0 Å². The quantitative estimate of drug-likeness (QED) is 0.735. The Labute approximate surface area is 114 Å². The Hall–Kier alpha value is -0.650. The minimum Gasteiger partial charge on any atom is -0.435 e. The van der Waals surface area contributed by atoms with Crippen molar-refractivity contribution in [1.29, 1.82) is 0 Å². The van der Waals surface area contributed by atoms with Gasteiger partial charge in [0.15, 0.2) is 5.79 Å². The number of unbranched alkanes of at least 4 members (excludes halogenated alkanes) is 1. The molecule has 0 aromatic carbocycles. The molecule has 0 N–H and O–H groups in total. The molecule has 2 aliphatic rings. The van der Waals surface area contributed by atoms with Gasteiger partial charge in [0.2, 0.25) is 6.29 Å². The molecule has 0 saturated carbocycles. The molecule has 0 bridgehead atoms. The zero-order chi connectivity index (χ0) is 13.9. The van der Waals surface area contributed by atoms with Crippen LogP contribution in [0.1, 0.15) is 52.9 Å². The molecule has 5 heteroatoms. The summed E-state index contributed by atoms with van der Waals surface area (Å²) < 4.78 is 22.6. The van der Waals surface area contributed by atoms with Gasteiger partial charge in [-0.2, -0.15) is 0 Å². The van der Waals surface area contributed by atoms with E-state index in [4.69, 9.17) is 18.9 Å². The summed E-state index contributed by atoms with van der Waals surface area (Å²) in [6, 6.07) is 0. The van der Waals surface area contributed by atoms with Crippen molar-refractivity contribution in [1.82, 2.24) is 0 Å². The smallest absolute Gasteiger partial charge is 0.308 e. The second kappa shape index (κ2) is 5.77. The molecule has 1 atom stereocenters. The fourth-order valence-electron chi connectivity index (χ4n) is 2.72. The summed E-state index contributed by atoms with van der Waals surface area (Å²) in [6.45, 7) is 7.15. The highest BCUT2D eigenvalue weighted by Crippen LogP contribution is 2.41. The van der Waals surface area contributed by atoms with Crippen LogP contribution in [-0.2, 0) is 23.7 Å². The zero-order valence-electron chi connectivity index (χ0n) is 12.1. The molecule has 1 spiro atoms. The lowest BCUT2D eigenvalue weighted by atomic mass is 9.92. The highest BCUT2D eigenvalue weighted by molar-refractivity contribution is 5.69. The van der Waals surface area contributed by atoms with Gasteiger partial charge in [-0.1, -0.05) is 13.3 Å². The van der Waals surface area contributed by atoms with Crippen molar-refractivity contribution in [2.24, 2.45) is 0 Å². The first-order valence-corrected chi connectivity index (χ1v) is 7.10. The van der Waals surface area contributed by atoms with Gasteiger partial charge >= 0.3 is 5.97 Å². The molecule has 2 heterocycles. The van der Waals surface area contributed by atoms with Gasteiger partial charge in [0.1, 0.15) is 0 Å². The number of carbonyl (C=O) groups excluding carboxylic acids is 1. The van der Waals surface area contributed by atoms with Crippen LogP contribution in [0.25, 0.3) is 0 Å². The van der Waals surface area contributed by atoms with Crippen molar-refractivity contribution in [2.75, 3.05) is 13.2 Å². The van der Waals surface area contributed by atoms with Gasteiger partial charge in [0.05, 0.1) is 25.2 Å². The van der Waals surface area contributed by atoms with E-state index in [2.05, 4.69) is 0 Å². The van der Waals surface area contributed by atoms with E-state index >= 15 is 0 Å². The van der Waals surface area contributed by atoms with E-state index < -0.39 is 17.7 Å². The first-order chi connectivity index (χ1) is 8.95. The molecule has 2 fully saturated rings. The predicted molar refractivity (Wildman–Crippen MR) is 68.4 cm³/mol. The third kappa shape index (κ3) is 3.91.